The summed E-state index contributed by atoms with van der Waals surface area (Å²) in [4.78, 5) is 54.7. The first kappa shape index (κ1) is 34.3. The van der Waals surface area contributed by atoms with Crippen LogP contribution in [-0.4, -0.2) is 59.1 Å². The lowest BCUT2D eigenvalue weighted by Gasteiger charge is -2.43. The Bertz CT molecular complexity index is 1180. The van der Waals surface area contributed by atoms with Crippen molar-refractivity contribution >= 4 is 23.9 Å². The molecule has 0 aliphatic carbocycles. The highest BCUT2D eigenvalue weighted by Gasteiger charge is 2.42. The quantitative estimate of drug-likeness (QED) is 0.336. The summed E-state index contributed by atoms with van der Waals surface area (Å²) in [5, 5.41) is 5.59. The molecule has 3 amide bonds. The van der Waals surface area contributed by atoms with Crippen LogP contribution in [0.2, 0.25) is 0 Å². The highest BCUT2D eigenvalue weighted by Crippen LogP contribution is 2.31. The van der Waals surface area contributed by atoms with Gasteiger partial charge in [-0.3, -0.25) is 14.4 Å². The van der Waals surface area contributed by atoms with Crippen LogP contribution in [0.1, 0.15) is 84.5 Å². The fraction of sp³-hybridized carbons (Fsp3) is 0.515. The maximum atomic E-state index is 14.5. The largest absolute Gasteiger partial charge is 0.466 e. The first-order valence-corrected chi connectivity index (χ1v) is 14.5. The molecule has 0 spiro atoms. The average molecular weight is 582 g/mol. The van der Waals surface area contributed by atoms with Gasteiger partial charge in [0.2, 0.25) is 11.8 Å². The number of carbonyl (C=O) groups excluding carboxylic acids is 4. The summed E-state index contributed by atoms with van der Waals surface area (Å²) in [5.41, 5.74) is 0.927. The summed E-state index contributed by atoms with van der Waals surface area (Å²) in [6.07, 6.45) is 0.282. The van der Waals surface area contributed by atoms with Gasteiger partial charge in [0.25, 0.3) is 0 Å². The highest BCUT2D eigenvalue weighted by atomic mass is 16.6. The number of nitrogens with zero attached hydrogens (tertiary/aromatic N) is 1. The molecule has 2 aromatic rings. The normalized spacial score (nSPS) is 13.0. The fourth-order valence-corrected chi connectivity index (χ4v) is 4.48. The van der Waals surface area contributed by atoms with Gasteiger partial charge in [0.05, 0.1) is 13.0 Å². The third kappa shape index (κ3) is 10.8. The van der Waals surface area contributed by atoms with E-state index in [9.17, 15) is 19.2 Å². The Labute approximate surface area is 250 Å². The Morgan fingerprint density at radius 3 is 2.00 bits per heavy atom. The van der Waals surface area contributed by atoms with Gasteiger partial charge < -0.3 is 25.0 Å². The Balaban J connectivity index is 2.54. The predicted molar refractivity (Wildman–Crippen MR) is 163 cm³/mol. The molecule has 0 heterocycles. The second kappa shape index (κ2) is 15.4. The number of benzene rings is 2. The number of ether oxygens (including phenoxy) is 2. The standard InChI is InChI=1S/C33H47N3O6/c1-9-23-16-18-25(19-17-23)28(29(38)34-21-20-27(37)41-10-2)36(32(3,4)5)30(39)26(22-24-14-12-11-13-15-24)35-31(40)42-33(6,7)8/h11-19,26,28H,9-10,20-22H2,1-8H3,(H,34,38)(H,35,40). The smallest absolute Gasteiger partial charge is 0.408 e. The van der Waals surface area contributed by atoms with Crippen LogP contribution in [0.4, 0.5) is 4.79 Å². The Kier molecular flexibility index (Phi) is 12.6. The van der Waals surface area contributed by atoms with E-state index in [0.29, 0.717) is 5.56 Å². The molecule has 2 unspecified atom stereocenters. The summed E-state index contributed by atoms with van der Waals surface area (Å²) < 4.78 is 10.5. The molecule has 9 nitrogen and oxygen atoms in total. The number of carbonyl (C=O) groups is 4. The van der Waals surface area contributed by atoms with Crippen molar-refractivity contribution in [2.24, 2.45) is 0 Å². The lowest BCUT2D eigenvalue weighted by molar-refractivity contribution is -0.149. The first-order chi connectivity index (χ1) is 19.7. The van der Waals surface area contributed by atoms with Crippen LogP contribution in [0.3, 0.4) is 0 Å². The minimum absolute atomic E-state index is 0.00136. The number of hydrogen-bond acceptors (Lipinski definition) is 6. The molecule has 0 radical (unpaired) electrons. The van der Waals surface area contributed by atoms with Gasteiger partial charge >= 0.3 is 12.1 Å². The van der Waals surface area contributed by atoms with E-state index in [4.69, 9.17) is 9.47 Å². The Morgan fingerprint density at radius 2 is 1.48 bits per heavy atom. The van der Waals surface area contributed by atoms with E-state index in [1.807, 2.05) is 82.3 Å². The molecule has 2 atom stereocenters. The molecule has 0 saturated heterocycles. The number of rotatable bonds is 12. The molecule has 0 aromatic heterocycles. The summed E-state index contributed by atoms with van der Waals surface area (Å²) in [7, 11) is 0. The molecular weight excluding hydrogens is 534 g/mol. The molecule has 2 N–H and O–H groups in total. The van der Waals surface area contributed by atoms with Gasteiger partial charge in [-0.2, -0.15) is 0 Å². The second-order valence-corrected chi connectivity index (χ2v) is 12.1. The van der Waals surface area contributed by atoms with Gasteiger partial charge in [0.15, 0.2) is 0 Å². The van der Waals surface area contributed by atoms with E-state index in [2.05, 4.69) is 10.6 Å². The number of amides is 3. The predicted octanol–water partition coefficient (Wildman–Crippen LogP) is 5.12. The lowest BCUT2D eigenvalue weighted by Crippen LogP contribution is -2.59. The average Bonchev–Trinajstić information content (AvgIpc) is 2.90. The van der Waals surface area contributed by atoms with Crippen LogP contribution < -0.4 is 10.6 Å². The van der Waals surface area contributed by atoms with Gasteiger partial charge in [-0.15, -0.1) is 0 Å². The zero-order chi connectivity index (χ0) is 31.5. The Hall–Kier alpha value is -3.88. The fourth-order valence-electron chi connectivity index (χ4n) is 4.48. The highest BCUT2D eigenvalue weighted by molar-refractivity contribution is 5.93. The molecule has 0 aliphatic rings. The van der Waals surface area contributed by atoms with Crippen molar-refractivity contribution in [3.8, 4) is 0 Å². The molecule has 2 rings (SSSR count). The van der Waals surface area contributed by atoms with Crippen LogP contribution in [0.15, 0.2) is 54.6 Å². The molecule has 0 saturated carbocycles. The number of esters is 1. The number of alkyl carbamates (subject to hydrolysis) is 1. The molecule has 2 aromatic carbocycles. The van der Waals surface area contributed by atoms with Crippen LogP contribution in [-0.2, 0) is 36.7 Å². The molecule has 0 bridgehead atoms. The van der Waals surface area contributed by atoms with Crippen molar-refractivity contribution in [2.45, 2.75) is 97.9 Å². The van der Waals surface area contributed by atoms with Crippen LogP contribution in [0, 0.1) is 0 Å². The maximum absolute atomic E-state index is 14.5. The molecule has 42 heavy (non-hydrogen) atoms. The molecule has 0 aliphatic heterocycles. The van der Waals surface area contributed by atoms with Crippen molar-refractivity contribution in [1.29, 1.82) is 0 Å². The van der Waals surface area contributed by atoms with Crippen molar-refractivity contribution in [2.75, 3.05) is 13.2 Å². The van der Waals surface area contributed by atoms with E-state index in [1.165, 1.54) is 4.90 Å². The van der Waals surface area contributed by atoms with Crippen molar-refractivity contribution in [3.63, 3.8) is 0 Å². The second-order valence-electron chi connectivity index (χ2n) is 12.1. The molecule has 9 heteroatoms. The van der Waals surface area contributed by atoms with Crippen LogP contribution in [0.5, 0.6) is 0 Å². The lowest BCUT2D eigenvalue weighted by atomic mass is 9.93. The third-order valence-corrected chi connectivity index (χ3v) is 6.38. The van der Waals surface area contributed by atoms with Crippen LogP contribution >= 0.6 is 0 Å². The summed E-state index contributed by atoms with van der Waals surface area (Å²) >= 11 is 0. The van der Waals surface area contributed by atoms with Crippen molar-refractivity contribution < 1.29 is 28.7 Å². The van der Waals surface area contributed by atoms with Gasteiger partial charge in [-0.05, 0) is 71.6 Å². The van der Waals surface area contributed by atoms with Crippen LogP contribution in [0.25, 0.3) is 0 Å². The van der Waals surface area contributed by atoms with E-state index in [0.717, 1.165) is 17.5 Å². The Morgan fingerprint density at radius 1 is 0.857 bits per heavy atom. The number of aryl methyl sites for hydroxylation is 1. The SMILES string of the molecule is CCOC(=O)CCNC(=O)C(c1ccc(CC)cc1)N(C(=O)C(Cc1ccccc1)NC(=O)OC(C)(C)C)C(C)(C)C. The van der Waals surface area contributed by atoms with E-state index in [-0.39, 0.29) is 26.0 Å². The summed E-state index contributed by atoms with van der Waals surface area (Å²) in [5.74, 6) is -1.31. The molecular formula is C33H47N3O6. The van der Waals surface area contributed by atoms with Crippen molar-refractivity contribution in [1.82, 2.24) is 15.5 Å². The van der Waals surface area contributed by atoms with Gasteiger partial charge in [-0.1, -0.05) is 61.5 Å². The van der Waals surface area contributed by atoms with E-state index < -0.39 is 47.1 Å². The molecule has 0 fully saturated rings. The summed E-state index contributed by atoms with van der Waals surface area (Å²) in [6.45, 7) is 14.8. The first-order valence-electron chi connectivity index (χ1n) is 14.5. The minimum Gasteiger partial charge on any atom is -0.466 e. The number of nitrogens with one attached hydrogen (secondary N) is 2. The van der Waals surface area contributed by atoms with Gasteiger partial charge in [-0.25, -0.2) is 4.79 Å². The zero-order valence-corrected chi connectivity index (χ0v) is 26.3. The van der Waals surface area contributed by atoms with Crippen molar-refractivity contribution in [3.05, 3.63) is 71.3 Å². The monoisotopic (exact) mass is 581 g/mol. The van der Waals surface area contributed by atoms with Gasteiger partial charge in [0.1, 0.15) is 17.7 Å². The van der Waals surface area contributed by atoms with E-state index >= 15 is 0 Å². The summed E-state index contributed by atoms with van der Waals surface area (Å²) in [6, 6.07) is 14.8. The van der Waals surface area contributed by atoms with E-state index in [1.54, 1.807) is 27.7 Å². The number of hydrogen-bond donors (Lipinski definition) is 2. The zero-order valence-electron chi connectivity index (χ0n) is 26.3. The third-order valence-electron chi connectivity index (χ3n) is 6.38. The topological polar surface area (TPSA) is 114 Å². The van der Waals surface area contributed by atoms with Gasteiger partial charge in [0, 0.05) is 18.5 Å². The maximum Gasteiger partial charge on any atom is 0.408 e. The molecule has 230 valence electrons. The minimum atomic E-state index is -1.04.